The van der Waals surface area contributed by atoms with E-state index in [2.05, 4.69) is 25.6 Å². The van der Waals surface area contributed by atoms with Gasteiger partial charge in [-0.2, -0.15) is 0 Å². The maximum atomic E-state index is 13.9. The number of pyridine rings is 1. The van der Waals surface area contributed by atoms with Gasteiger partial charge in [-0.15, -0.1) is 0 Å². The number of nitrogens with one attached hydrogen (secondary N) is 2. The van der Waals surface area contributed by atoms with E-state index in [9.17, 15) is 9.18 Å². The first-order valence-corrected chi connectivity index (χ1v) is 11.1. The number of aryl methyl sites for hydroxylation is 2. The number of hydrogen-bond donors (Lipinski definition) is 2. The molecule has 0 aliphatic carbocycles. The maximum Gasteiger partial charge on any atom is 0.256 e. The molecule has 0 unspecified atom stereocenters. The number of halogens is 1. The van der Waals surface area contributed by atoms with E-state index >= 15 is 0 Å². The van der Waals surface area contributed by atoms with Crippen molar-refractivity contribution in [2.45, 2.75) is 13.8 Å². The molecular weight excluding hydrogens is 441 g/mol. The van der Waals surface area contributed by atoms with Crippen LogP contribution in [-0.4, -0.2) is 20.9 Å². The molecule has 0 atom stereocenters. The van der Waals surface area contributed by atoms with Gasteiger partial charge < -0.3 is 10.6 Å². The van der Waals surface area contributed by atoms with Gasteiger partial charge in [0.25, 0.3) is 5.91 Å². The molecule has 0 aliphatic rings. The van der Waals surface area contributed by atoms with E-state index in [0.29, 0.717) is 39.5 Å². The minimum Gasteiger partial charge on any atom is -0.340 e. The summed E-state index contributed by atoms with van der Waals surface area (Å²) in [7, 11) is 0. The fourth-order valence-corrected chi connectivity index (χ4v) is 3.93. The van der Waals surface area contributed by atoms with Crippen LogP contribution in [0.25, 0.3) is 22.2 Å². The number of carbonyl (C=O) groups is 1. The number of rotatable bonds is 5. The molecule has 3 aromatic carbocycles. The van der Waals surface area contributed by atoms with Crippen molar-refractivity contribution in [3.8, 4) is 11.3 Å². The number of carbonyl (C=O) groups excluding carboxylic acids is 1. The monoisotopic (exact) mass is 463 g/mol. The number of hydrogen-bond acceptors (Lipinski definition) is 5. The topological polar surface area (TPSA) is 79.8 Å². The van der Waals surface area contributed by atoms with Crippen LogP contribution >= 0.6 is 0 Å². The highest BCUT2D eigenvalue weighted by atomic mass is 19.1. The number of anilines is 3. The Balaban J connectivity index is 1.40. The standard InChI is InChI=1S/C28H22FN5O/c1-17-13-24(23-14-20(29)11-12-25(23)30-17)28(35)34-22-10-6-9-21(15-22)33-27-16-26(31-18(2)32-27)19-7-4-3-5-8-19/h3-16H,1-2H3,(H,34,35)(H,31,32,33). The first kappa shape index (κ1) is 22.2. The average molecular weight is 464 g/mol. The lowest BCUT2D eigenvalue weighted by molar-refractivity contribution is 0.102. The molecule has 172 valence electrons. The Morgan fingerprint density at radius 3 is 2.43 bits per heavy atom. The molecule has 5 aromatic rings. The third kappa shape index (κ3) is 4.99. The largest absolute Gasteiger partial charge is 0.340 e. The van der Waals surface area contributed by atoms with Crippen molar-refractivity contribution in [2.24, 2.45) is 0 Å². The van der Waals surface area contributed by atoms with Crippen molar-refractivity contribution in [1.29, 1.82) is 0 Å². The molecular formula is C28H22FN5O. The van der Waals surface area contributed by atoms with Gasteiger partial charge in [0, 0.05) is 34.1 Å². The van der Waals surface area contributed by atoms with Gasteiger partial charge in [-0.25, -0.2) is 14.4 Å². The molecule has 0 saturated heterocycles. The molecule has 2 heterocycles. The zero-order valence-corrected chi connectivity index (χ0v) is 19.2. The zero-order chi connectivity index (χ0) is 24.4. The number of aromatic nitrogens is 3. The summed E-state index contributed by atoms with van der Waals surface area (Å²) in [5.41, 5.74) is 4.77. The normalized spacial score (nSPS) is 10.8. The minimum atomic E-state index is -0.418. The van der Waals surface area contributed by atoms with Crippen molar-refractivity contribution < 1.29 is 9.18 Å². The lowest BCUT2D eigenvalue weighted by Crippen LogP contribution is -2.13. The Kier molecular flexibility index (Phi) is 5.89. The summed E-state index contributed by atoms with van der Waals surface area (Å²) in [6, 6.07) is 25.0. The summed E-state index contributed by atoms with van der Waals surface area (Å²) in [5, 5.41) is 6.67. The Morgan fingerprint density at radius 1 is 0.800 bits per heavy atom. The summed E-state index contributed by atoms with van der Waals surface area (Å²) in [6.07, 6.45) is 0. The van der Waals surface area contributed by atoms with Crippen LogP contribution < -0.4 is 10.6 Å². The van der Waals surface area contributed by atoms with Crippen LogP contribution in [0.1, 0.15) is 21.9 Å². The number of fused-ring (bicyclic) bond motifs is 1. The molecule has 0 aliphatic heterocycles. The van der Waals surface area contributed by atoms with Crippen LogP contribution in [0.5, 0.6) is 0 Å². The van der Waals surface area contributed by atoms with Gasteiger partial charge in [0.2, 0.25) is 0 Å². The predicted octanol–water partition coefficient (Wildman–Crippen LogP) is 6.44. The van der Waals surface area contributed by atoms with Crippen LogP contribution in [0, 0.1) is 19.7 Å². The Morgan fingerprint density at radius 2 is 1.60 bits per heavy atom. The first-order valence-electron chi connectivity index (χ1n) is 11.1. The van der Waals surface area contributed by atoms with Gasteiger partial charge in [-0.3, -0.25) is 9.78 Å². The van der Waals surface area contributed by atoms with Crippen LogP contribution in [0.3, 0.4) is 0 Å². The molecule has 0 saturated carbocycles. The molecule has 7 heteroatoms. The second-order valence-electron chi connectivity index (χ2n) is 8.18. The van der Waals surface area contributed by atoms with Crippen molar-refractivity contribution in [3.05, 3.63) is 108 Å². The lowest BCUT2D eigenvalue weighted by Gasteiger charge is -2.12. The Bertz CT molecular complexity index is 1550. The van der Waals surface area contributed by atoms with Gasteiger partial charge in [-0.1, -0.05) is 36.4 Å². The molecule has 0 spiro atoms. The summed E-state index contributed by atoms with van der Waals surface area (Å²) < 4.78 is 13.9. The van der Waals surface area contributed by atoms with Gasteiger partial charge in [0.15, 0.2) is 0 Å². The van der Waals surface area contributed by atoms with Crippen molar-refractivity contribution in [1.82, 2.24) is 15.0 Å². The van der Waals surface area contributed by atoms with E-state index in [1.54, 1.807) is 25.1 Å². The maximum absolute atomic E-state index is 13.9. The molecule has 35 heavy (non-hydrogen) atoms. The van der Waals surface area contributed by atoms with E-state index < -0.39 is 5.82 Å². The number of amides is 1. The molecule has 0 radical (unpaired) electrons. The van der Waals surface area contributed by atoms with Crippen LogP contribution in [0.2, 0.25) is 0 Å². The zero-order valence-electron chi connectivity index (χ0n) is 19.2. The third-order valence-electron chi connectivity index (χ3n) is 5.44. The molecule has 2 aromatic heterocycles. The van der Waals surface area contributed by atoms with Gasteiger partial charge >= 0.3 is 0 Å². The number of nitrogens with zero attached hydrogens (tertiary/aromatic N) is 3. The second-order valence-corrected chi connectivity index (χ2v) is 8.18. The highest BCUT2D eigenvalue weighted by molar-refractivity contribution is 6.12. The molecule has 5 rings (SSSR count). The van der Waals surface area contributed by atoms with Gasteiger partial charge in [0.1, 0.15) is 17.5 Å². The molecule has 1 amide bonds. The highest BCUT2D eigenvalue weighted by Gasteiger charge is 2.14. The fraction of sp³-hybridized carbons (Fsp3) is 0.0714. The van der Waals surface area contributed by atoms with Gasteiger partial charge in [0.05, 0.1) is 16.8 Å². The summed E-state index contributed by atoms with van der Waals surface area (Å²) in [5.74, 6) is 0.530. The van der Waals surface area contributed by atoms with Crippen LogP contribution in [-0.2, 0) is 0 Å². The lowest BCUT2D eigenvalue weighted by atomic mass is 10.1. The van der Waals surface area contributed by atoms with E-state index in [-0.39, 0.29) is 5.91 Å². The average Bonchev–Trinajstić information content (AvgIpc) is 2.84. The quantitative estimate of drug-likeness (QED) is 0.313. The summed E-state index contributed by atoms with van der Waals surface area (Å²) in [6.45, 7) is 3.65. The SMILES string of the molecule is Cc1cc(C(=O)Nc2cccc(Nc3cc(-c4ccccc4)nc(C)n3)c2)c2cc(F)ccc2n1. The second kappa shape index (κ2) is 9.30. The van der Waals surface area contributed by atoms with E-state index in [1.807, 2.05) is 61.5 Å². The number of benzene rings is 3. The minimum absolute atomic E-state index is 0.340. The van der Waals surface area contributed by atoms with Crippen LogP contribution in [0.4, 0.5) is 21.6 Å². The van der Waals surface area contributed by atoms with Crippen LogP contribution in [0.15, 0.2) is 84.9 Å². The molecule has 2 N–H and O–H groups in total. The smallest absolute Gasteiger partial charge is 0.256 e. The molecule has 6 nitrogen and oxygen atoms in total. The van der Waals surface area contributed by atoms with E-state index in [1.165, 1.54) is 12.1 Å². The summed E-state index contributed by atoms with van der Waals surface area (Å²) >= 11 is 0. The summed E-state index contributed by atoms with van der Waals surface area (Å²) in [4.78, 5) is 26.5. The van der Waals surface area contributed by atoms with E-state index in [0.717, 1.165) is 16.9 Å². The Hall–Kier alpha value is -4.65. The van der Waals surface area contributed by atoms with Crippen molar-refractivity contribution in [2.75, 3.05) is 10.6 Å². The fourth-order valence-electron chi connectivity index (χ4n) is 3.93. The highest BCUT2D eigenvalue weighted by Crippen LogP contribution is 2.25. The Labute approximate surface area is 201 Å². The molecule has 0 bridgehead atoms. The predicted molar refractivity (Wildman–Crippen MR) is 136 cm³/mol. The van der Waals surface area contributed by atoms with Crippen molar-refractivity contribution in [3.63, 3.8) is 0 Å². The van der Waals surface area contributed by atoms with Gasteiger partial charge in [-0.05, 0) is 56.3 Å². The third-order valence-corrected chi connectivity index (χ3v) is 5.44. The molecule has 0 fully saturated rings. The van der Waals surface area contributed by atoms with Crippen molar-refractivity contribution >= 4 is 34.0 Å². The van der Waals surface area contributed by atoms with E-state index in [4.69, 9.17) is 0 Å². The first-order chi connectivity index (χ1) is 16.9.